The molecule has 0 atom stereocenters. The lowest BCUT2D eigenvalue weighted by atomic mass is 10.1. The zero-order valence-electron chi connectivity index (χ0n) is 16.1. The third-order valence-electron chi connectivity index (χ3n) is 6.27. The van der Waals surface area contributed by atoms with Crippen LogP contribution in [-0.2, 0) is 11.3 Å². The number of fused-ring (bicyclic) bond motifs is 1. The zero-order valence-corrected chi connectivity index (χ0v) is 16.1. The van der Waals surface area contributed by atoms with E-state index in [9.17, 15) is 9.59 Å². The van der Waals surface area contributed by atoms with Gasteiger partial charge in [0.15, 0.2) is 0 Å². The highest BCUT2D eigenvalue weighted by Gasteiger charge is 2.28. The Labute approximate surface area is 164 Å². The Hall–Kier alpha value is -2.63. The molecule has 1 saturated carbocycles. The van der Waals surface area contributed by atoms with E-state index in [1.54, 1.807) is 10.9 Å². The maximum atomic E-state index is 12.7. The summed E-state index contributed by atoms with van der Waals surface area (Å²) in [5.41, 5.74) is 1.89. The number of carbonyl (C=O) groups excluding carboxylic acids is 1. The molecular formula is C22H26N4O2. The SMILES string of the molecule is O=C(C1CC=CC1)N1CCN(c2ccc3c(=O)n(CC4CC4)cnc3c2)CC1. The Morgan fingerprint density at radius 1 is 1.07 bits per heavy atom. The van der Waals surface area contributed by atoms with Gasteiger partial charge < -0.3 is 9.80 Å². The average Bonchev–Trinajstić information content (AvgIpc) is 3.38. The summed E-state index contributed by atoms with van der Waals surface area (Å²) in [4.78, 5) is 34.1. The van der Waals surface area contributed by atoms with Crippen LogP contribution in [0.2, 0.25) is 0 Å². The van der Waals surface area contributed by atoms with Crippen molar-refractivity contribution in [2.45, 2.75) is 32.2 Å². The number of piperazine rings is 1. The zero-order chi connectivity index (χ0) is 19.1. The van der Waals surface area contributed by atoms with Gasteiger partial charge in [0.1, 0.15) is 0 Å². The van der Waals surface area contributed by atoms with E-state index in [0.717, 1.165) is 56.8 Å². The normalized spacial score (nSPS) is 20.3. The highest BCUT2D eigenvalue weighted by molar-refractivity contribution is 5.82. The third-order valence-corrected chi connectivity index (χ3v) is 6.27. The molecule has 2 aromatic rings. The van der Waals surface area contributed by atoms with Gasteiger partial charge in [-0.05, 0) is 49.8 Å². The van der Waals surface area contributed by atoms with Crippen LogP contribution in [0.5, 0.6) is 0 Å². The Kier molecular flexibility index (Phi) is 4.41. The fourth-order valence-corrected chi connectivity index (χ4v) is 4.31. The van der Waals surface area contributed by atoms with Gasteiger partial charge in [0.2, 0.25) is 5.91 Å². The monoisotopic (exact) mass is 378 g/mol. The lowest BCUT2D eigenvalue weighted by Gasteiger charge is -2.37. The first-order valence-corrected chi connectivity index (χ1v) is 10.4. The molecule has 0 bridgehead atoms. The molecule has 1 amide bonds. The molecule has 28 heavy (non-hydrogen) atoms. The number of anilines is 1. The van der Waals surface area contributed by atoms with Crippen LogP contribution in [0.1, 0.15) is 25.7 Å². The molecular weight excluding hydrogens is 352 g/mol. The predicted molar refractivity (Wildman–Crippen MR) is 109 cm³/mol. The minimum atomic E-state index is 0.0593. The van der Waals surface area contributed by atoms with E-state index in [1.165, 1.54) is 12.8 Å². The van der Waals surface area contributed by atoms with Crippen LogP contribution in [0.15, 0.2) is 41.5 Å². The van der Waals surface area contributed by atoms with Crippen molar-refractivity contribution in [3.8, 4) is 0 Å². The van der Waals surface area contributed by atoms with Crippen LogP contribution in [0.25, 0.3) is 10.9 Å². The minimum Gasteiger partial charge on any atom is -0.368 e. The van der Waals surface area contributed by atoms with Crippen molar-refractivity contribution in [1.82, 2.24) is 14.5 Å². The van der Waals surface area contributed by atoms with Gasteiger partial charge in [0, 0.05) is 44.3 Å². The maximum absolute atomic E-state index is 12.7. The number of benzene rings is 1. The van der Waals surface area contributed by atoms with Crippen LogP contribution in [0, 0.1) is 11.8 Å². The number of allylic oxidation sites excluding steroid dienone is 2. The highest BCUT2D eigenvalue weighted by Crippen LogP contribution is 2.30. The number of carbonyl (C=O) groups is 1. The Bertz CT molecular complexity index is 976. The van der Waals surface area contributed by atoms with Gasteiger partial charge in [0.25, 0.3) is 5.56 Å². The first kappa shape index (κ1) is 17.5. The van der Waals surface area contributed by atoms with Crippen LogP contribution >= 0.6 is 0 Å². The second-order valence-corrected chi connectivity index (χ2v) is 8.30. The van der Waals surface area contributed by atoms with Gasteiger partial charge >= 0.3 is 0 Å². The van der Waals surface area contributed by atoms with E-state index in [0.29, 0.717) is 17.2 Å². The molecule has 0 radical (unpaired) electrons. The van der Waals surface area contributed by atoms with E-state index in [4.69, 9.17) is 0 Å². The first-order chi connectivity index (χ1) is 13.7. The fraction of sp³-hybridized carbons (Fsp3) is 0.500. The minimum absolute atomic E-state index is 0.0593. The van der Waals surface area contributed by atoms with Crippen molar-refractivity contribution < 1.29 is 4.79 Å². The summed E-state index contributed by atoms with van der Waals surface area (Å²) in [5, 5.41) is 0.689. The van der Waals surface area contributed by atoms with Gasteiger partial charge in [-0.2, -0.15) is 0 Å². The Morgan fingerprint density at radius 3 is 2.54 bits per heavy atom. The largest absolute Gasteiger partial charge is 0.368 e. The van der Waals surface area contributed by atoms with Crippen molar-refractivity contribution in [3.05, 3.63) is 47.0 Å². The van der Waals surface area contributed by atoms with Crippen LogP contribution in [-0.4, -0.2) is 46.5 Å². The van der Waals surface area contributed by atoms with Gasteiger partial charge in [-0.3, -0.25) is 14.2 Å². The third kappa shape index (κ3) is 3.32. The molecule has 6 nitrogen and oxygen atoms in total. The lowest BCUT2D eigenvalue weighted by molar-refractivity contribution is -0.135. The van der Waals surface area contributed by atoms with Crippen molar-refractivity contribution in [2.24, 2.45) is 11.8 Å². The van der Waals surface area contributed by atoms with Gasteiger partial charge in [-0.1, -0.05) is 12.2 Å². The molecule has 1 aliphatic heterocycles. The summed E-state index contributed by atoms with van der Waals surface area (Å²) in [6.07, 6.45) is 10.1. The standard InChI is InChI=1S/C22H26N4O2/c27-21(17-3-1-2-4-17)25-11-9-24(10-12-25)18-7-8-19-20(13-18)23-15-26(22(19)28)14-16-5-6-16/h1-2,7-8,13,15-17H,3-6,9-12,14H2. The number of amides is 1. The summed E-state index contributed by atoms with van der Waals surface area (Å²) < 4.78 is 1.75. The summed E-state index contributed by atoms with van der Waals surface area (Å²) >= 11 is 0. The molecule has 0 unspecified atom stereocenters. The van der Waals surface area contributed by atoms with Crippen LogP contribution < -0.4 is 10.5 Å². The van der Waals surface area contributed by atoms with Crippen LogP contribution in [0.3, 0.4) is 0 Å². The molecule has 0 spiro atoms. The van der Waals surface area contributed by atoms with E-state index >= 15 is 0 Å². The molecule has 3 aliphatic rings. The number of nitrogens with zero attached hydrogens (tertiary/aromatic N) is 4. The summed E-state index contributed by atoms with van der Waals surface area (Å²) in [5.74, 6) is 1.09. The molecule has 5 rings (SSSR count). The summed E-state index contributed by atoms with van der Waals surface area (Å²) in [6.45, 7) is 3.93. The number of aromatic nitrogens is 2. The van der Waals surface area contributed by atoms with Crippen molar-refractivity contribution in [3.63, 3.8) is 0 Å². The number of hydrogen-bond donors (Lipinski definition) is 0. The molecule has 1 aromatic carbocycles. The predicted octanol–water partition coefficient (Wildman–Crippen LogP) is 2.42. The molecule has 1 saturated heterocycles. The fourth-order valence-electron chi connectivity index (χ4n) is 4.31. The van der Waals surface area contributed by atoms with E-state index < -0.39 is 0 Å². The van der Waals surface area contributed by atoms with E-state index in [1.807, 2.05) is 23.1 Å². The smallest absolute Gasteiger partial charge is 0.261 e. The molecule has 146 valence electrons. The highest BCUT2D eigenvalue weighted by atomic mass is 16.2. The summed E-state index contributed by atoms with van der Waals surface area (Å²) in [6, 6.07) is 5.94. The van der Waals surface area contributed by atoms with E-state index in [-0.39, 0.29) is 11.5 Å². The average molecular weight is 378 g/mol. The molecule has 2 fully saturated rings. The molecule has 1 aromatic heterocycles. The lowest BCUT2D eigenvalue weighted by Crippen LogP contribution is -2.50. The Morgan fingerprint density at radius 2 is 1.82 bits per heavy atom. The first-order valence-electron chi connectivity index (χ1n) is 10.4. The van der Waals surface area contributed by atoms with E-state index in [2.05, 4.69) is 22.0 Å². The number of hydrogen-bond acceptors (Lipinski definition) is 4. The van der Waals surface area contributed by atoms with Gasteiger partial charge in [0.05, 0.1) is 17.2 Å². The quantitative estimate of drug-likeness (QED) is 0.767. The maximum Gasteiger partial charge on any atom is 0.261 e. The second-order valence-electron chi connectivity index (χ2n) is 8.30. The topological polar surface area (TPSA) is 58.4 Å². The number of rotatable bonds is 4. The van der Waals surface area contributed by atoms with Gasteiger partial charge in [-0.25, -0.2) is 4.98 Å². The van der Waals surface area contributed by atoms with Crippen LogP contribution in [0.4, 0.5) is 5.69 Å². The van der Waals surface area contributed by atoms with Crippen molar-refractivity contribution in [1.29, 1.82) is 0 Å². The van der Waals surface area contributed by atoms with Gasteiger partial charge in [-0.15, -0.1) is 0 Å². The molecule has 2 aliphatic carbocycles. The van der Waals surface area contributed by atoms with Crippen molar-refractivity contribution >= 4 is 22.5 Å². The molecule has 0 N–H and O–H groups in total. The summed E-state index contributed by atoms with van der Waals surface area (Å²) in [7, 11) is 0. The Balaban J connectivity index is 1.29. The molecule has 2 heterocycles. The van der Waals surface area contributed by atoms with Crippen molar-refractivity contribution in [2.75, 3.05) is 31.1 Å². The molecule has 6 heteroatoms. The second kappa shape index (κ2) is 7.08.